The van der Waals surface area contributed by atoms with E-state index in [9.17, 15) is 9.50 Å². The van der Waals surface area contributed by atoms with Crippen LogP contribution in [0.15, 0.2) is 24.3 Å². The van der Waals surface area contributed by atoms with Crippen LogP contribution >= 0.6 is 23.5 Å². The maximum atomic E-state index is 13.3. The van der Waals surface area contributed by atoms with Crippen LogP contribution in [0.5, 0.6) is 0 Å². The molecule has 1 aliphatic rings. The van der Waals surface area contributed by atoms with E-state index in [4.69, 9.17) is 0 Å². The van der Waals surface area contributed by atoms with Crippen LogP contribution in [0.1, 0.15) is 25.8 Å². The molecule has 0 aromatic heterocycles. The molecule has 0 radical (unpaired) electrons. The maximum Gasteiger partial charge on any atom is 0.123 e. The monoisotopic (exact) mass is 272 g/mol. The fraction of sp³-hybridized carbons (Fsp3) is 0.538. The molecule has 0 saturated carbocycles. The Kier molecular flexibility index (Phi) is 3.76. The zero-order chi connectivity index (χ0) is 12.5. The average Bonchev–Trinajstić information content (AvgIpc) is 2.30. The molecular formula is C13H17FOS2. The third-order valence-electron chi connectivity index (χ3n) is 3.31. The van der Waals surface area contributed by atoms with Gasteiger partial charge >= 0.3 is 0 Å². The highest BCUT2D eigenvalue weighted by molar-refractivity contribution is 8.18. The third-order valence-corrected chi connectivity index (χ3v) is 6.90. The van der Waals surface area contributed by atoms with Crippen LogP contribution in [-0.4, -0.2) is 20.7 Å². The van der Waals surface area contributed by atoms with E-state index < -0.39 is 5.60 Å². The highest BCUT2D eigenvalue weighted by Crippen LogP contribution is 2.52. The van der Waals surface area contributed by atoms with E-state index in [0.717, 1.165) is 11.5 Å². The van der Waals surface area contributed by atoms with Gasteiger partial charge in [-0.1, -0.05) is 12.1 Å². The van der Waals surface area contributed by atoms with Crippen LogP contribution < -0.4 is 0 Å². The van der Waals surface area contributed by atoms with Crippen molar-refractivity contribution in [2.75, 3.05) is 11.5 Å². The highest BCUT2D eigenvalue weighted by Gasteiger charge is 2.46. The Hall–Kier alpha value is -0.190. The Labute approximate surface area is 110 Å². The molecule has 1 aromatic carbocycles. The fourth-order valence-electron chi connectivity index (χ4n) is 1.97. The molecule has 1 atom stereocenters. The lowest BCUT2D eigenvalue weighted by molar-refractivity contribution is 0.0484. The standard InChI is InChI=1S/C13H17FOS2/c1-12(15,10-5-3-6-11(14)9-10)13(2)16-7-4-8-17-13/h3,5-6,9,15H,4,7-8H2,1-2H3/t12-/m0/s1. The van der Waals surface area contributed by atoms with Crippen molar-refractivity contribution in [1.29, 1.82) is 0 Å². The summed E-state index contributed by atoms with van der Waals surface area (Å²) in [5.41, 5.74) is -0.368. The topological polar surface area (TPSA) is 20.2 Å². The second-order valence-corrected chi connectivity index (χ2v) is 7.86. The first-order chi connectivity index (χ1) is 7.96. The van der Waals surface area contributed by atoms with Gasteiger partial charge in [0, 0.05) is 0 Å². The first-order valence-electron chi connectivity index (χ1n) is 5.72. The molecule has 1 heterocycles. The van der Waals surface area contributed by atoms with Gasteiger partial charge in [-0.15, -0.1) is 23.5 Å². The Morgan fingerprint density at radius 1 is 1.35 bits per heavy atom. The lowest BCUT2D eigenvalue weighted by Gasteiger charge is -2.44. The quantitative estimate of drug-likeness (QED) is 0.888. The van der Waals surface area contributed by atoms with Crippen LogP contribution in [-0.2, 0) is 5.60 Å². The highest BCUT2D eigenvalue weighted by atomic mass is 32.2. The molecule has 0 unspecified atom stereocenters. The van der Waals surface area contributed by atoms with Crippen molar-refractivity contribution in [1.82, 2.24) is 0 Å². The summed E-state index contributed by atoms with van der Waals surface area (Å²) < 4.78 is 13.0. The molecule has 0 bridgehead atoms. The van der Waals surface area contributed by atoms with Gasteiger partial charge in [0.1, 0.15) is 11.4 Å². The Bertz CT molecular complexity index is 400. The first kappa shape index (κ1) is 13.2. The zero-order valence-corrected chi connectivity index (χ0v) is 11.7. The van der Waals surface area contributed by atoms with Gasteiger partial charge in [0.15, 0.2) is 0 Å². The minimum absolute atomic E-state index is 0.294. The fourth-order valence-corrected chi connectivity index (χ4v) is 5.14. The molecule has 1 N–H and O–H groups in total. The number of hydrogen-bond acceptors (Lipinski definition) is 3. The van der Waals surface area contributed by atoms with E-state index in [0.29, 0.717) is 5.56 Å². The van der Waals surface area contributed by atoms with Crippen molar-refractivity contribution in [3.05, 3.63) is 35.6 Å². The van der Waals surface area contributed by atoms with Crippen molar-refractivity contribution in [3.8, 4) is 0 Å². The van der Waals surface area contributed by atoms with Crippen LogP contribution in [0.2, 0.25) is 0 Å². The van der Waals surface area contributed by atoms with Crippen molar-refractivity contribution >= 4 is 23.5 Å². The van der Waals surface area contributed by atoms with Crippen LogP contribution in [0.3, 0.4) is 0 Å². The molecule has 17 heavy (non-hydrogen) atoms. The van der Waals surface area contributed by atoms with E-state index in [-0.39, 0.29) is 9.90 Å². The molecule has 0 amide bonds. The predicted molar refractivity (Wildman–Crippen MR) is 73.9 cm³/mol. The van der Waals surface area contributed by atoms with E-state index in [1.807, 2.05) is 6.92 Å². The summed E-state index contributed by atoms with van der Waals surface area (Å²) >= 11 is 3.53. The number of hydrogen-bond donors (Lipinski definition) is 1. The van der Waals surface area contributed by atoms with E-state index >= 15 is 0 Å². The minimum atomic E-state index is -1.02. The molecule has 1 saturated heterocycles. The Morgan fingerprint density at radius 2 is 2.00 bits per heavy atom. The Morgan fingerprint density at radius 3 is 2.59 bits per heavy atom. The smallest absolute Gasteiger partial charge is 0.123 e. The predicted octanol–water partition coefficient (Wildman–Crippen LogP) is 3.62. The molecule has 1 aromatic rings. The summed E-state index contributed by atoms with van der Waals surface area (Å²) in [6.07, 6.45) is 1.17. The Balaban J connectivity index is 2.34. The van der Waals surface area contributed by atoms with Gasteiger partial charge < -0.3 is 5.11 Å². The van der Waals surface area contributed by atoms with Gasteiger partial charge in [-0.05, 0) is 49.5 Å². The summed E-state index contributed by atoms with van der Waals surface area (Å²) in [6.45, 7) is 3.83. The minimum Gasteiger partial charge on any atom is -0.383 e. The first-order valence-corrected chi connectivity index (χ1v) is 7.69. The summed E-state index contributed by atoms with van der Waals surface area (Å²) in [6, 6.07) is 6.29. The molecule has 94 valence electrons. The molecule has 0 spiro atoms. The summed E-state index contributed by atoms with van der Waals surface area (Å²) in [7, 11) is 0. The van der Waals surface area contributed by atoms with Gasteiger partial charge in [0.25, 0.3) is 0 Å². The molecule has 4 heteroatoms. The molecular weight excluding hydrogens is 255 g/mol. The molecule has 0 aliphatic carbocycles. The second kappa shape index (κ2) is 4.82. The number of rotatable bonds is 2. The van der Waals surface area contributed by atoms with Crippen LogP contribution in [0, 0.1) is 5.82 Å². The molecule has 2 rings (SSSR count). The SMILES string of the molecule is CC1([C@@](C)(O)c2cccc(F)c2)SCCCS1. The van der Waals surface area contributed by atoms with Crippen molar-refractivity contribution in [3.63, 3.8) is 0 Å². The lowest BCUT2D eigenvalue weighted by atomic mass is 9.92. The number of thioether (sulfide) groups is 2. The normalized spacial score (nSPS) is 23.1. The van der Waals surface area contributed by atoms with E-state index in [2.05, 4.69) is 0 Å². The molecule has 1 aliphatic heterocycles. The van der Waals surface area contributed by atoms with E-state index in [1.165, 1.54) is 18.6 Å². The van der Waals surface area contributed by atoms with Crippen LogP contribution in [0.4, 0.5) is 4.39 Å². The molecule has 1 nitrogen and oxygen atoms in total. The van der Waals surface area contributed by atoms with Gasteiger partial charge in [-0.2, -0.15) is 0 Å². The van der Waals surface area contributed by atoms with E-state index in [1.54, 1.807) is 42.6 Å². The van der Waals surface area contributed by atoms with Gasteiger partial charge in [0.05, 0.1) is 4.08 Å². The second-order valence-electron chi connectivity index (χ2n) is 4.58. The zero-order valence-electron chi connectivity index (χ0n) is 10.1. The average molecular weight is 272 g/mol. The lowest BCUT2D eigenvalue weighted by Crippen LogP contribution is -2.44. The van der Waals surface area contributed by atoms with Crippen molar-refractivity contribution in [2.24, 2.45) is 0 Å². The van der Waals surface area contributed by atoms with Gasteiger partial charge in [0.2, 0.25) is 0 Å². The van der Waals surface area contributed by atoms with Crippen LogP contribution in [0.25, 0.3) is 0 Å². The maximum absolute atomic E-state index is 13.3. The van der Waals surface area contributed by atoms with Gasteiger partial charge in [-0.25, -0.2) is 4.39 Å². The third kappa shape index (κ3) is 2.49. The number of benzene rings is 1. The number of aliphatic hydroxyl groups is 1. The number of halogens is 1. The molecule has 1 fully saturated rings. The summed E-state index contributed by atoms with van der Waals surface area (Å²) in [4.78, 5) is 0. The van der Waals surface area contributed by atoms with Crippen molar-refractivity contribution < 1.29 is 9.50 Å². The van der Waals surface area contributed by atoms with Crippen molar-refractivity contribution in [2.45, 2.75) is 29.9 Å². The summed E-state index contributed by atoms with van der Waals surface area (Å²) in [5.74, 6) is 1.81. The van der Waals surface area contributed by atoms with Gasteiger partial charge in [-0.3, -0.25) is 0 Å². The largest absolute Gasteiger partial charge is 0.383 e. The summed E-state index contributed by atoms with van der Waals surface area (Å²) in [5, 5.41) is 10.8.